The SMILES string of the molecule is CC(=O)C(NC(=O)C1CCCN1)c1ccc(C(C)C)cc1-c1ccccc1C. The van der Waals surface area contributed by atoms with E-state index < -0.39 is 6.04 Å². The van der Waals surface area contributed by atoms with Gasteiger partial charge < -0.3 is 10.6 Å². The van der Waals surface area contributed by atoms with Gasteiger partial charge in [-0.3, -0.25) is 9.59 Å². The Kier molecular flexibility index (Phi) is 6.30. The Balaban J connectivity index is 2.05. The molecule has 4 heteroatoms. The first kappa shape index (κ1) is 20.3. The molecule has 4 nitrogen and oxygen atoms in total. The van der Waals surface area contributed by atoms with E-state index in [-0.39, 0.29) is 17.7 Å². The second kappa shape index (κ2) is 8.70. The molecule has 0 bridgehead atoms. The Morgan fingerprint density at radius 3 is 2.46 bits per heavy atom. The largest absolute Gasteiger partial charge is 0.341 e. The molecule has 1 amide bonds. The van der Waals surface area contributed by atoms with E-state index in [9.17, 15) is 9.59 Å². The van der Waals surface area contributed by atoms with Crippen LogP contribution in [0.4, 0.5) is 0 Å². The van der Waals surface area contributed by atoms with E-state index in [4.69, 9.17) is 0 Å². The highest BCUT2D eigenvalue weighted by Gasteiger charge is 2.28. The molecule has 148 valence electrons. The van der Waals surface area contributed by atoms with E-state index in [0.717, 1.165) is 41.6 Å². The van der Waals surface area contributed by atoms with Crippen LogP contribution >= 0.6 is 0 Å². The molecule has 28 heavy (non-hydrogen) atoms. The zero-order valence-corrected chi connectivity index (χ0v) is 17.2. The summed E-state index contributed by atoms with van der Waals surface area (Å²) < 4.78 is 0. The molecular weight excluding hydrogens is 348 g/mol. The maximum Gasteiger partial charge on any atom is 0.237 e. The van der Waals surface area contributed by atoms with Crippen LogP contribution in [0.1, 0.15) is 62.3 Å². The standard InChI is InChI=1S/C24H30N2O2/c1-15(2)18-11-12-20(21(14-18)19-9-6-5-8-16(19)3)23(17(4)27)26-24(28)22-10-7-13-25-22/h5-6,8-9,11-12,14-15,22-23,25H,7,10,13H2,1-4H3,(H,26,28). The summed E-state index contributed by atoms with van der Waals surface area (Å²) >= 11 is 0. The maximum absolute atomic E-state index is 12.7. The van der Waals surface area contributed by atoms with E-state index in [0.29, 0.717) is 5.92 Å². The van der Waals surface area contributed by atoms with Crippen LogP contribution in [0.2, 0.25) is 0 Å². The van der Waals surface area contributed by atoms with Crippen molar-refractivity contribution < 1.29 is 9.59 Å². The van der Waals surface area contributed by atoms with Crippen molar-refractivity contribution in [3.05, 3.63) is 59.2 Å². The number of carbonyl (C=O) groups is 2. The number of benzene rings is 2. The van der Waals surface area contributed by atoms with Gasteiger partial charge in [0.1, 0.15) is 6.04 Å². The summed E-state index contributed by atoms with van der Waals surface area (Å²) in [6, 6.07) is 13.6. The molecule has 0 aliphatic carbocycles. The number of aryl methyl sites for hydroxylation is 1. The zero-order chi connectivity index (χ0) is 20.3. The molecule has 2 N–H and O–H groups in total. The highest BCUT2D eigenvalue weighted by atomic mass is 16.2. The summed E-state index contributed by atoms with van der Waals surface area (Å²) in [6.07, 6.45) is 1.80. The van der Waals surface area contributed by atoms with Gasteiger partial charge in [-0.05, 0) is 67.0 Å². The summed E-state index contributed by atoms with van der Waals surface area (Å²) in [6.45, 7) is 8.79. The predicted octanol–water partition coefficient (Wildman–Crippen LogP) is 4.28. The molecule has 1 heterocycles. The summed E-state index contributed by atoms with van der Waals surface area (Å²) in [4.78, 5) is 25.2. The third-order valence-corrected chi connectivity index (χ3v) is 5.56. The van der Waals surface area contributed by atoms with Crippen molar-refractivity contribution in [2.45, 2.75) is 58.5 Å². The minimum Gasteiger partial charge on any atom is -0.341 e. The Bertz CT molecular complexity index is 867. The highest BCUT2D eigenvalue weighted by Crippen LogP contribution is 2.34. The molecule has 0 spiro atoms. The van der Waals surface area contributed by atoms with Crippen molar-refractivity contribution in [3.63, 3.8) is 0 Å². The monoisotopic (exact) mass is 378 g/mol. The first-order valence-electron chi connectivity index (χ1n) is 10.1. The third kappa shape index (κ3) is 4.33. The number of carbonyl (C=O) groups excluding carboxylic acids is 2. The number of Topliss-reactive ketones (excluding diaryl/α,β-unsaturated/α-hetero) is 1. The predicted molar refractivity (Wildman–Crippen MR) is 113 cm³/mol. The Labute approximate surface area is 167 Å². The Morgan fingerprint density at radius 2 is 1.86 bits per heavy atom. The van der Waals surface area contributed by atoms with Crippen LogP contribution in [-0.2, 0) is 9.59 Å². The van der Waals surface area contributed by atoms with Gasteiger partial charge in [-0.1, -0.05) is 56.3 Å². The lowest BCUT2D eigenvalue weighted by Gasteiger charge is -2.23. The maximum atomic E-state index is 12.7. The lowest BCUT2D eigenvalue weighted by molar-refractivity contribution is -0.128. The van der Waals surface area contributed by atoms with Crippen molar-refractivity contribution in [2.75, 3.05) is 6.54 Å². The average Bonchev–Trinajstić information content (AvgIpc) is 3.20. The fourth-order valence-electron chi connectivity index (χ4n) is 3.84. The normalized spacial score (nSPS) is 17.5. The fraction of sp³-hybridized carbons (Fsp3) is 0.417. The van der Waals surface area contributed by atoms with Crippen molar-refractivity contribution in [2.24, 2.45) is 0 Å². The van der Waals surface area contributed by atoms with Crippen LogP contribution in [0.5, 0.6) is 0 Å². The first-order chi connectivity index (χ1) is 13.4. The topological polar surface area (TPSA) is 58.2 Å². The van der Waals surface area contributed by atoms with Gasteiger partial charge in [0.25, 0.3) is 0 Å². The molecule has 1 saturated heterocycles. The summed E-state index contributed by atoms with van der Waals surface area (Å²) in [5.41, 5.74) is 5.34. The minimum absolute atomic E-state index is 0.0570. The molecule has 3 rings (SSSR count). The van der Waals surface area contributed by atoms with Gasteiger partial charge in [-0.25, -0.2) is 0 Å². The van der Waals surface area contributed by atoms with Gasteiger partial charge in [0.05, 0.1) is 6.04 Å². The molecule has 2 unspecified atom stereocenters. The summed E-state index contributed by atoms with van der Waals surface area (Å²) in [5, 5.41) is 6.21. The zero-order valence-electron chi connectivity index (χ0n) is 17.2. The first-order valence-corrected chi connectivity index (χ1v) is 10.1. The fourth-order valence-corrected chi connectivity index (χ4v) is 3.84. The van der Waals surface area contributed by atoms with Crippen LogP contribution in [0.15, 0.2) is 42.5 Å². The Morgan fingerprint density at radius 1 is 1.11 bits per heavy atom. The van der Waals surface area contributed by atoms with Crippen molar-refractivity contribution >= 4 is 11.7 Å². The van der Waals surface area contributed by atoms with E-state index >= 15 is 0 Å². The molecule has 2 atom stereocenters. The lowest BCUT2D eigenvalue weighted by atomic mass is 9.87. The number of hydrogen-bond donors (Lipinski definition) is 2. The summed E-state index contributed by atoms with van der Waals surface area (Å²) in [5.74, 6) is 0.227. The molecular formula is C24H30N2O2. The average molecular weight is 379 g/mol. The second-order valence-corrected chi connectivity index (χ2v) is 8.02. The quantitative estimate of drug-likeness (QED) is 0.789. The van der Waals surface area contributed by atoms with Crippen LogP contribution in [-0.4, -0.2) is 24.3 Å². The Hall–Kier alpha value is -2.46. The van der Waals surface area contributed by atoms with Gasteiger partial charge in [0, 0.05) is 0 Å². The number of nitrogens with one attached hydrogen (secondary N) is 2. The van der Waals surface area contributed by atoms with Crippen molar-refractivity contribution in [1.29, 1.82) is 0 Å². The van der Waals surface area contributed by atoms with E-state index in [2.05, 4.69) is 55.7 Å². The molecule has 2 aromatic carbocycles. The second-order valence-electron chi connectivity index (χ2n) is 8.02. The number of amides is 1. The molecule has 1 aliphatic rings. The number of hydrogen-bond acceptors (Lipinski definition) is 3. The van der Waals surface area contributed by atoms with Crippen molar-refractivity contribution in [3.8, 4) is 11.1 Å². The lowest BCUT2D eigenvalue weighted by Crippen LogP contribution is -2.43. The van der Waals surface area contributed by atoms with E-state index in [1.165, 1.54) is 5.56 Å². The van der Waals surface area contributed by atoms with E-state index in [1.807, 2.05) is 18.2 Å². The smallest absolute Gasteiger partial charge is 0.237 e. The third-order valence-electron chi connectivity index (χ3n) is 5.56. The molecule has 2 aromatic rings. The number of ketones is 1. The molecule has 1 fully saturated rings. The van der Waals surface area contributed by atoms with Crippen LogP contribution in [0, 0.1) is 6.92 Å². The van der Waals surface area contributed by atoms with Gasteiger partial charge in [-0.15, -0.1) is 0 Å². The van der Waals surface area contributed by atoms with Crippen LogP contribution in [0.25, 0.3) is 11.1 Å². The molecule has 0 saturated carbocycles. The molecule has 0 radical (unpaired) electrons. The highest BCUT2D eigenvalue weighted by molar-refractivity contribution is 5.92. The molecule has 0 aromatic heterocycles. The minimum atomic E-state index is -0.647. The molecule has 1 aliphatic heterocycles. The van der Waals surface area contributed by atoms with Gasteiger partial charge in [0.2, 0.25) is 5.91 Å². The van der Waals surface area contributed by atoms with E-state index in [1.54, 1.807) is 6.92 Å². The van der Waals surface area contributed by atoms with Gasteiger partial charge in [0.15, 0.2) is 5.78 Å². The van der Waals surface area contributed by atoms with Crippen LogP contribution < -0.4 is 10.6 Å². The van der Waals surface area contributed by atoms with Crippen LogP contribution in [0.3, 0.4) is 0 Å². The summed E-state index contributed by atoms with van der Waals surface area (Å²) in [7, 11) is 0. The van der Waals surface area contributed by atoms with Crippen molar-refractivity contribution in [1.82, 2.24) is 10.6 Å². The van der Waals surface area contributed by atoms with Gasteiger partial charge in [-0.2, -0.15) is 0 Å². The van der Waals surface area contributed by atoms with Gasteiger partial charge >= 0.3 is 0 Å². The number of rotatable bonds is 6.